The Bertz CT molecular complexity index is 1650. The second-order valence-electron chi connectivity index (χ2n) is 8.88. The number of rotatable bonds is 8. The number of ether oxygens (including phenoxy) is 2. The molecule has 42 heavy (non-hydrogen) atoms. The van der Waals surface area contributed by atoms with Crippen LogP contribution in [0.2, 0.25) is 0 Å². The minimum absolute atomic E-state index is 0.0833. The molecular formula is C32H24N2O6S2. The quantitative estimate of drug-likeness (QED) is 0.183. The van der Waals surface area contributed by atoms with Crippen molar-refractivity contribution in [3.05, 3.63) is 118 Å². The maximum absolute atomic E-state index is 13.5. The van der Waals surface area contributed by atoms with Crippen molar-refractivity contribution >= 4 is 56.4 Å². The molecule has 0 bridgehead atoms. The monoisotopic (exact) mass is 596 g/mol. The Morgan fingerprint density at radius 1 is 0.548 bits per heavy atom. The summed E-state index contributed by atoms with van der Waals surface area (Å²) in [6.07, 6.45) is 0. The van der Waals surface area contributed by atoms with Crippen LogP contribution in [0.1, 0.15) is 41.4 Å². The molecule has 0 spiro atoms. The number of methoxy groups -OCH3 is 2. The van der Waals surface area contributed by atoms with E-state index in [2.05, 4.69) is 10.6 Å². The van der Waals surface area contributed by atoms with E-state index in [4.69, 9.17) is 9.47 Å². The maximum atomic E-state index is 13.5. The molecule has 0 fully saturated rings. The van der Waals surface area contributed by atoms with Gasteiger partial charge in [-0.05, 0) is 23.3 Å². The van der Waals surface area contributed by atoms with Gasteiger partial charge in [-0.15, -0.1) is 22.7 Å². The molecule has 0 aliphatic heterocycles. The first-order chi connectivity index (χ1) is 20.4. The number of amides is 2. The predicted octanol–water partition coefficient (Wildman–Crippen LogP) is 7.22. The van der Waals surface area contributed by atoms with Crippen LogP contribution >= 0.6 is 22.7 Å². The van der Waals surface area contributed by atoms with Gasteiger partial charge in [-0.3, -0.25) is 9.59 Å². The van der Waals surface area contributed by atoms with Crippen LogP contribution in [-0.4, -0.2) is 38.0 Å². The Balaban J connectivity index is 1.45. The van der Waals surface area contributed by atoms with Gasteiger partial charge in [0.05, 0.1) is 25.3 Å². The predicted molar refractivity (Wildman–Crippen MR) is 165 cm³/mol. The summed E-state index contributed by atoms with van der Waals surface area (Å²) in [7, 11) is 2.55. The third-order valence-electron chi connectivity index (χ3n) is 6.40. The molecule has 2 heterocycles. The van der Waals surface area contributed by atoms with Crippen LogP contribution in [0, 0.1) is 0 Å². The van der Waals surface area contributed by atoms with Crippen LogP contribution in [0.3, 0.4) is 0 Å². The largest absolute Gasteiger partial charge is 0.465 e. The molecule has 0 unspecified atom stereocenters. The first-order valence-corrected chi connectivity index (χ1v) is 14.4. The van der Waals surface area contributed by atoms with Crippen molar-refractivity contribution in [2.45, 2.75) is 0 Å². The Morgan fingerprint density at radius 2 is 0.905 bits per heavy atom. The van der Waals surface area contributed by atoms with Crippen LogP contribution in [-0.2, 0) is 9.47 Å². The fourth-order valence-corrected chi connectivity index (χ4v) is 6.29. The molecule has 8 nitrogen and oxygen atoms in total. The molecular weight excluding hydrogens is 572 g/mol. The molecule has 0 atom stereocenters. The number of hydrogen-bond acceptors (Lipinski definition) is 8. The van der Waals surface area contributed by atoms with Gasteiger partial charge in [0.25, 0.3) is 11.8 Å². The second kappa shape index (κ2) is 12.6. The van der Waals surface area contributed by atoms with Crippen LogP contribution < -0.4 is 10.6 Å². The first kappa shape index (κ1) is 28.5. The molecule has 5 rings (SSSR count). The van der Waals surface area contributed by atoms with Crippen molar-refractivity contribution in [1.29, 1.82) is 0 Å². The zero-order valence-electron chi connectivity index (χ0n) is 22.5. The molecule has 0 radical (unpaired) electrons. The highest BCUT2D eigenvalue weighted by Gasteiger charge is 2.26. The molecule has 10 heteroatoms. The molecule has 2 N–H and O–H groups in total. The Hall–Kier alpha value is -5.06. The van der Waals surface area contributed by atoms with E-state index in [0.29, 0.717) is 21.1 Å². The van der Waals surface area contributed by atoms with Gasteiger partial charge in [-0.25, -0.2) is 9.59 Å². The maximum Gasteiger partial charge on any atom is 0.341 e. The number of esters is 2. The molecule has 2 aromatic heterocycles. The van der Waals surface area contributed by atoms with Crippen molar-refractivity contribution in [2.24, 2.45) is 0 Å². The van der Waals surface area contributed by atoms with E-state index in [1.54, 1.807) is 22.9 Å². The van der Waals surface area contributed by atoms with E-state index in [0.717, 1.165) is 11.1 Å². The van der Waals surface area contributed by atoms with Crippen LogP contribution in [0.25, 0.3) is 22.3 Å². The number of hydrogen-bond donors (Lipinski definition) is 2. The standard InChI is InChI=1S/C32H24N2O6S2/c1-39-31(37)25-23(19-11-5-3-6-12-19)17-41-29(25)33-27(35)21-15-9-10-16-22(21)28(36)34-30-26(32(38)40-2)24(18-42-30)20-13-7-4-8-14-20/h3-18H,1-2H3,(H,33,35)(H,34,36). The van der Waals surface area contributed by atoms with Crippen molar-refractivity contribution in [3.8, 4) is 22.3 Å². The van der Waals surface area contributed by atoms with Crippen molar-refractivity contribution in [2.75, 3.05) is 24.9 Å². The van der Waals surface area contributed by atoms with Crippen molar-refractivity contribution < 1.29 is 28.7 Å². The summed E-state index contributed by atoms with van der Waals surface area (Å²) in [5.41, 5.74) is 3.44. The highest BCUT2D eigenvalue weighted by Crippen LogP contribution is 2.38. The first-order valence-electron chi connectivity index (χ1n) is 12.6. The third kappa shape index (κ3) is 5.71. The summed E-state index contributed by atoms with van der Waals surface area (Å²) in [6, 6.07) is 24.9. The molecule has 2 amide bonds. The summed E-state index contributed by atoms with van der Waals surface area (Å²) in [4.78, 5) is 52.5. The Kier molecular flexibility index (Phi) is 8.56. The number of carbonyl (C=O) groups excluding carboxylic acids is 4. The van der Waals surface area contributed by atoms with Gasteiger partial charge in [0.2, 0.25) is 0 Å². The average Bonchev–Trinajstić information content (AvgIpc) is 3.65. The van der Waals surface area contributed by atoms with Gasteiger partial charge in [-0.2, -0.15) is 0 Å². The zero-order chi connectivity index (χ0) is 29.6. The molecule has 0 saturated heterocycles. The van der Waals surface area contributed by atoms with Gasteiger partial charge >= 0.3 is 11.9 Å². The van der Waals surface area contributed by atoms with Crippen molar-refractivity contribution in [1.82, 2.24) is 0 Å². The van der Waals surface area contributed by atoms with Gasteiger partial charge in [-0.1, -0.05) is 72.8 Å². The van der Waals surface area contributed by atoms with Crippen LogP contribution in [0.4, 0.5) is 10.0 Å². The van der Waals surface area contributed by atoms with Gasteiger partial charge < -0.3 is 20.1 Å². The summed E-state index contributed by atoms with van der Waals surface area (Å²) >= 11 is 2.36. The smallest absolute Gasteiger partial charge is 0.341 e. The molecule has 3 aromatic carbocycles. The van der Waals surface area contributed by atoms with E-state index in [1.807, 2.05) is 60.7 Å². The minimum Gasteiger partial charge on any atom is -0.465 e. The lowest BCUT2D eigenvalue weighted by Crippen LogP contribution is -2.21. The molecule has 0 saturated carbocycles. The zero-order valence-corrected chi connectivity index (χ0v) is 24.1. The van der Waals surface area contributed by atoms with E-state index >= 15 is 0 Å². The van der Waals surface area contributed by atoms with E-state index in [1.165, 1.54) is 49.0 Å². The summed E-state index contributed by atoms with van der Waals surface area (Å²) in [6.45, 7) is 0. The number of benzene rings is 3. The lowest BCUT2D eigenvalue weighted by Gasteiger charge is -2.12. The number of carbonyl (C=O) groups is 4. The number of anilines is 2. The third-order valence-corrected chi connectivity index (χ3v) is 8.19. The lowest BCUT2D eigenvalue weighted by atomic mass is 10.0. The SMILES string of the molecule is COC(=O)c1c(-c2ccccc2)csc1NC(=O)c1ccccc1C(=O)Nc1scc(-c2ccccc2)c1C(=O)OC. The van der Waals surface area contributed by atoms with Gasteiger partial charge in [0.15, 0.2) is 0 Å². The molecule has 0 aliphatic rings. The summed E-state index contributed by atoms with van der Waals surface area (Å²) < 4.78 is 10.0. The summed E-state index contributed by atoms with van der Waals surface area (Å²) in [5, 5.41) is 9.69. The fraction of sp³-hybridized carbons (Fsp3) is 0.0625. The Morgan fingerprint density at radius 3 is 1.26 bits per heavy atom. The second-order valence-corrected chi connectivity index (χ2v) is 10.6. The van der Waals surface area contributed by atoms with Gasteiger partial charge in [0, 0.05) is 21.9 Å². The Labute approximate surface area is 249 Å². The van der Waals surface area contributed by atoms with E-state index in [9.17, 15) is 19.2 Å². The van der Waals surface area contributed by atoms with Gasteiger partial charge in [0.1, 0.15) is 21.1 Å². The van der Waals surface area contributed by atoms with E-state index in [-0.39, 0.29) is 22.3 Å². The lowest BCUT2D eigenvalue weighted by molar-refractivity contribution is 0.0594. The topological polar surface area (TPSA) is 111 Å². The van der Waals surface area contributed by atoms with Crippen molar-refractivity contribution in [3.63, 3.8) is 0 Å². The number of nitrogens with one attached hydrogen (secondary N) is 2. The fourth-order valence-electron chi connectivity index (χ4n) is 4.39. The summed E-state index contributed by atoms with van der Waals surface area (Å²) in [5.74, 6) is -2.37. The molecule has 0 aliphatic carbocycles. The highest BCUT2D eigenvalue weighted by molar-refractivity contribution is 7.15. The minimum atomic E-state index is -0.598. The normalized spacial score (nSPS) is 10.5. The number of thiophene rings is 2. The molecule has 5 aromatic rings. The highest BCUT2D eigenvalue weighted by atomic mass is 32.1. The van der Waals surface area contributed by atoms with Crippen LogP contribution in [0.5, 0.6) is 0 Å². The van der Waals surface area contributed by atoms with E-state index < -0.39 is 23.8 Å². The van der Waals surface area contributed by atoms with Crippen LogP contribution in [0.15, 0.2) is 95.7 Å². The average molecular weight is 597 g/mol. The molecule has 210 valence electrons.